The molecule has 0 aliphatic heterocycles. The number of halogens is 6. The molecule has 1 aromatic heterocycles. The Morgan fingerprint density at radius 3 is 2.31 bits per heavy atom. The van der Waals surface area contributed by atoms with Crippen LogP contribution in [0.4, 0.5) is 22.0 Å². The van der Waals surface area contributed by atoms with Gasteiger partial charge in [0, 0.05) is 11.8 Å². The largest absolute Gasteiger partial charge is 0.418 e. The monoisotopic (exact) mass is 256 g/mol. The third kappa shape index (κ3) is 2.22. The smallest absolute Gasteiger partial charge is 0.243 e. The van der Waals surface area contributed by atoms with Crippen LogP contribution < -0.4 is 0 Å². The Morgan fingerprint density at radius 1 is 1.38 bits per heavy atom. The predicted molar refractivity (Wildman–Crippen MR) is 43.9 cm³/mol. The molecule has 0 aromatic carbocycles. The maximum absolute atomic E-state index is 12.5. The van der Waals surface area contributed by atoms with E-state index in [2.05, 4.69) is 4.98 Å². The molecule has 0 bridgehead atoms. The Hall–Kier alpha value is -1.42. The second-order valence-electron chi connectivity index (χ2n) is 2.66. The van der Waals surface area contributed by atoms with Crippen LogP contribution in [0, 0.1) is 11.3 Å². The van der Waals surface area contributed by atoms with Crippen molar-refractivity contribution in [2.24, 2.45) is 0 Å². The molecule has 86 valence electrons. The fourth-order valence-electron chi connectivity index (χ4n) is 1.08. The molecule has 0 N–H and O–H groups in total. The summed E-state index contributed by atoms with van der Waals surface area (Å²) >= 11 is 5.23. The highest BCUT2D eigenvalue weighted by Crippen LogP contribution is 2.39. The van der Waals surface area contributed by atoms with Crippen LogP contribution in [-0.4, -0.2) is 4.98 Å². The lowest BCUT2D eigenvalue weighted by molar-refractivity contribution is -0.139. The molecule has 0 spiro atoms. The molecule has 0 unspecified atom stereocenters. The first kappa shape index (κ1) is 12.6. The van der Waals surface area contributed by atoms with Crippen LogP contribution in [0.25, 0.3) is 0 Å². The van der Waals surface area contributed by atoms with E-state index in [1.165, 1.54) is 0 Å². The number of hydrogen-bond acceptors (Lipinski definition) is 2. The van der Waals surface area contributed by atoms with E-state index >= 15 is 0 Å². The van der Waals surface area contributed by atoms with Crippen molar-refractivity contribution in [1.82, 2.24) is 4.98 Å². The molecule has 2 nitrogen and oxygen atoms in total. The minimum Gasteiger partial charge on any atom is -0.243 e. The van der Waals surface area contributed by atoms with E-state index in [1.54, 1.807) is 0 Å². The SMILES string of the molecule is N#Cc1c(Cl)ncc(C(F)F)c1C(F)(F)F. The van der Waals surface area contributed by atoms with Crippen LogP contribution in [0.15, 0.2) is 6.20 Å². The van der Waals surface area contributed by atoms with E-state index < -0.39 is 34.4 Å². The fourth-order valence-corrected chi connectivity index (χ4v) is 1.26. The highest BCUT2D eigenvalue weighted by molar-refractivity contribution is 6.30. The Kier molecular flexibility index (Phi) is 3.33. The van der Waals surface area contributed by atoms with Crippen LogP contribution in [-0.2, 0) is 6.18 Å². The summed E-state index contributed by atoms with van der Waals surface area (Å²) in [5.41, 5.74) is -4.18. The van der Waals surface area contributed by atoms with Crippen molar-refractivity contribution in [3.63, 3.8) is 0 Å². The first-order chi connectivity index (χ1) is 7.29. The van der Waals surface area contributed by atoms with Gasteiger partial charge in [0.05, 0.1) is 5.56 Å². The van der Waals surface area contributed by atoms with Crippen molar-refractivity contribution in [2.75, 3.05) is 0 Å². The van der Waals surface area contributed by atoms with Gasteiger partial charge in [-0.05, 0) is 0 Å². The van der Waals surface area contributed by atoms with Crippen molar-refractivity contribution in [3.05, 3.63) is 28.0 Å². The molecule has 0 amide bonds. The molecule has 16 heavy (non-hydrogen) atoms. The Bertz CT molecular complexity index is 449. The Morgan fingerprint density at radius 2 is 1.94 bits per heavy atom. The summed E-state index contributed by atoms with van der Waals surface area (Å²) in [4.78, 5) is 3.11. The zero-order chi connectivity index (χ0) is 12.5. The first-order valence-corrected chi connectivity index (χ1v) is 4.10. The molecule has 0 radical (unpaired) electrons. The maximum atomic E-state index is 12.5. The van der Waals surface area contributed by atoms with Crippen molar-refractivity contribution < 1.29 is 22.0 Å². The molecule has 1 heterocycles. The first-order valence-electron chi connectivity index (χ1n) is 3.73. The van der Waals surface area contributed by atoms with E-state index in [4.69, 9.17) is 16.9 Å². The third-order valence-electron chi connectivity index (χ3n) is 1.69. The summed E-state index contributed by atoms with van der Waals surface area (Å²) in [5.74, 6) is 0. The zero-order valence-corrected chi connectivity index (χ0v) is 8.07. The number of alkyl halides is 5. The van der Waals surface area contributed by atoms with Crippen LogP contribution in [0.1, 0.15) is 23.1 Å². The predicted octanol–water partition coefficient (Wildman–Crippen LogP) is 3.56. The summed E-state index contributed by atoms with van der Waals surface area (Å²) in [6, 6.07) is 1.12. The van der Waals surface area contributed by atoms with E-state index in [0.717, 1.165) is 6.07 Å². The van der Waals surface area contributed by atoms with Gasteiger partial charge >= 0.3 is 6.18 Å². The van der Waals surface area contributed by atoms with Crippen molar-refractivity contribution >= 4 is 11.6 Å². The van der Waals surface area contributed by atoms with Crippen LogP contribution in [0.5, 0.6) is 0 Å². The second-order valence-corrected chi connectivity index (χ2v) is 3.02. The molecular weight excluding hydrogens is 255 g/mol. The standard InChI is InChI=1S/C8H2ClF5N2/c9-6-3(1-15)5(8(12,13)14)4(2-16-6)7(10)11/h2,7H. The van der Waals surface area contributed by atoms with E-state index in [1.807, 2.05) is 0 Å². The minimum atomic E-state index is -5.08. The fraction of sp³-hybridized carbons (Fsp3) is 0.250. The molecule has 1 rings (SSSR count). The lowest BCUT2D eigenvalue weighted by atomic mass is 10.1. The van der Waals surface area contributed by atoms with Gasteiger partial charge in [-0.1, -0.05) is 11.6 Å². The topological polar surface area (TPSA) is 36.7 Å². The van der Waals surface area contributed by atoms with Crippen molar-refractivity contribution in [1.29, 1.82) is 5.26 Å². The molecule has 0 saturated carbocycles. The van der Waals surface area contributed by atoms with Gasteiger partial charge in [0.1, 0.15) is 16.8 Å². The van der Waals surface area contributed by atoms with Crippen LogP contribution in [0.2, 0.25) is 5.15 Å². The number of rotatable bonds is 1. The number of nitrogens with zero attached hydrogens (tertiary/aromatic N) is 2. The summed E-state index contributed by atoms with van der Waals surface area (Å²) in [7, 11) is 0. The zero-order valence-electron chi connectivity index (χ0n) is 7.32. The number of pyridine rings is 1. The van der Waals surface area contributed by atoms with E-state index in [0.29, 0.717) is 6.20 Å². The second kappa shape index (κ2) is 4.22. The van der Waals surface area contributed by atoms with E-state index in [9.17, 15) is 22.0 Å². The van der Waals surface area contributed by atoms with Gasteiger partial charge in [0.25, 0.3) is 6.43 Å². The summed E-state index contributed by atoms with van der Waals surface area (Å²) in [6.45, 7) is 0. The average molecular weight is 257 g/mol. The number of hydrogen-bond donors (Lipinski definition) is 0. The van der Waals surface area contributed by atoms with Crippen molar-refractivity contribution in [3.8, 4) is 6.07 Å². The summed E-state index contributed by atoms with van der Waals surface area (Å²) < 4.78 is 62.0. The van der Waals surface area contributed by atoms with Gasteiger partial charge in [-0.25, -0.2) is 13.8 Å². The normalized spacial score (nSPS) is 11.6. The van der Waals surface area contributed by atoms with Crippen LogP contribution >= 0.6 is 11.6 Å². The van der Waals surface area contributed by atoms with Gasteiger partial charge < -0.3 is 0 Å². The van der Waals surface area contributed by atoms with Gasteiger partial charge in [0.2, 0.25) is 0 Å². The quantitative estimate of drug-likeness (QED) is 0.569. The molecule has 0 fully saturated rings. The van der Waals surface area contributed by atoms with Gasteiger partial charge in [-0.2, -0.15) is 18.4 Å². The summed E-state index contributed by atoms with van der Waals surface area (Å²) in [6.07, 6.45) is -8.14. The Balaban J connectivity index is 3.63. The summed E-state index contributed by atoms with van der Waals surface area (Å²) in [5, 5.41) is 7.70. The molecule has 0 saturated heterocycles. The highest BCUT2D eigenvalue weighted by Gasteiger charge is 2.40. The van der Waals surface area contributed by atoms with Crippen molar-refractivity contribution in [2.45, 2.75) is 12.6 Å². The molecule has 0 aliphatic rings. The lowest BCUT2D eigenvalue weighted by Crippen LogP contribution is -2.13. The molecule has 0 atom stereocenters. The number of nitriles is 1. The van der Waals surface area contributed by atoms with E-state index in [-0.39, 0.29) is 0 Å². The molecule has 0 aliphatic carbocycles. The van der Waals surface area contributed by atoms with Gasteiger partial charge in [-0.3, -0.25) is 0 Å². The third-order valence-corrected chi connectivity index (χ3v) is 1.98. The molecule has 1 aromatic rings. The highest BCUT2D eigenvalue weighted by atomic mass is 35.5. The maximum Gasteiger partial charge on any atom is 0.418 e. The van der Waals surface area contributed by atoms with Gasteiger partial charge in [0.15, 0.2) is 0 Å². The van der Waals surface area contributed by atoms with Crippen LogP contribution in [0.3, 0.4) is 0 Å². The number of aromatic nitrogens is 1. The average Bonchev–Trinajstić information content (AvgIpc) is 2.15. The molecular formula is C8H2ClF5N2. The van der Waals surface area contributed by atoms with Gasteiger partial charge in [-0.15, -0.1) is 0 Å². The minimum absolute atomic E-state index is 0.316. The lowest BCUT2D eigenvalue weighted by Gasteiger charge is -2.13. The molecule has 8 heteroatoms. The Labute approximate surface area is 91.3 Å².